The Labute approximate surface area is 863 Å². The molecule has 28 heteroatoms. The van der Waals surface area contributed by atoms with Crippen LogP contribution < -0.4 is 60.3 Å². The van der Waals surface area contributed by atoms with Gasteiger partial charge in [0.2, 0.25) is 0 Å². The first-order chi connectivity index (χ1) is 67.7. The quantitative estimate of drug-likeness (QED) is 0.0138. The van der Waals surface area contributed by atoms with Crippen molar-refractivity contribution < 1.29 is 90.3 Å². The zero-order chi connectivity index (χ0) is 106. The highest BCUT2D eigenvalue weighted by Gasteiger charge is 2.28. The molecule has 6 amide bonds. The van der Waals surface area contributed by atoms with Crippen molar-refractivity contribution in [3.05, 3.63) is 379 Å². The number of halogens is 4. The van der Waals surface area contributed by atoms with Crippen LogP contribution in [0, 0.1) is 141 Å². The number of nitrogens with one attached hydrogen (secondary N) is 6. The highest BCUT2D eigenvalue weighted by molar-refractivity contribution is 14.1. The van der Waals surface area contributed by atoms with Gasteiger partial charge in [-0.2, -0.15) is 0 Å². The van der Waals surface area contributed by atoms with E-state index in [0.717, 1.165) is 126 Å². The van der Waals surface area contributed by atoms with E-state index in [1.807, 2.05) is 177 Å². The number of benzene rings is 12. The van der Waals surface area contributed by atoms with Crippen molar-refractivity contribution in [2.75, 3.05) is 42.3 Å². The minimum atomic E-state index is -0.788. The van der Waals surface area contributed by atoms with Crippen LogP contribution >= 0.6 is 50.1 Å². The molecule has 143 heavy (non-hydrogen) atoms. The van der Waals surface area contributed by atoms with Crippen molar-refractivity contribution in [2.24, 2.45) is 0 Å². The van der Waals surface area contributed by atoms with Gasteiger partial charge >= 0.3 is 0 Å². The molecule has 12 aromatic carbocycles. The van der Waals surface area contributed by atoms with Crippen LogP contribution in [0.2, 0.25) is 5.02 Å². The number of hydrogen-bond acceptors (Lipinski definition) is 18. The van der Waals surface area contributed by atoms with E-state index in [1.165, 1.54) is 88.3 Å². The molecule has 6 N–H and O–H groups in total. The molecule has 0 aliphatic heterocycles. The van der Waals surface area contributed by atoms with Gasteiger partial charge in [0.25, 0.3) is 70.1 Å². The lowest BCUT2D eigenvalue weighted by Gasteiger charge is -2.15. The zero-order valence-corrected chi connectivity index (χ0v) is 90.0. The molecule has 0 radical (unpaired) electrons. The molecule has 24 nitrogen and oxygen atoms in total. The molecule has 0 saturated heterocycles. The van der Waals surface area contributed by atoms with E-state index in [-0.39, 0.29) is 56.3 Å². The van der Waals surface area contributed by atoms with E-state index in [0.29, 0.717) is 49.7 Å². The fraction of sp³-hybridized carbons (Fsp3) is 0.270. The average molecular weight is 2140 g/mol. The number of ketones is 6. The third-order valence-corrected chi connectivity index (χ3v) is 26.1. The fourth-order valence-corrected chi connectivity index (χ4v) is 15.9. The molecular weight excluding hydrogens is 2010 g/mol. The highest BCUT2D eigenvalue weighted by Crippen LogP contribution is 2.34. The van der Waals surface area contributed by atoms with Gasteiger partial charge in [-0.25, -0.2) is 4.39 Å². The summed E-state index contributed by atoms with van der Waals surface area (Å²) in [5.74, 6) is -3.70. The van der Waals surface area contributed by atoms with Crippen LogP contribution in [0.4, 0.5) is 4.39 Å². The molecule has 0 bridgehead atoms. The van der Waals surface area contributed by atoms with E-state index in [1.54, 1.807) is 72.8 Å². The van der Waals surface area contributed by atoms with Crippen molar-refractivity contribution in [3.63, 3.8) is 0 Å². The third kappa shape index (κ3) is 31.6. The molecule has 0 unspecified atom stereocenters. The van der Waals surface area contributed by atoms with Gasteiger partial charge in [0.05, 0.1) is 0 Å². The topological polar surface area (TPSA) is 332 Å². The number of amides is 6. The Morgan fingerprint density at radius 3 is 0.825 bits per heavy atom. The molecule has 0 spiro atoms. The first-order valence-electron chi connectivity index (χ1n) is 45.8. The Bertz CT molecular complexity index is 6050. The van der Waals surface area contributed by atoms with Gasteiger partial charge in [0.15, 0.2) is 0 Å². The third-order valence-electron chi connectivity index (χ3n) is 24.0. The van der Waals surface area contributed by atoms with Gasteiger partial charge in [-0.1, -0.05) is 155 Å². The lowest BCUT2D eigenvalue weighted by Crippen LogP contribution is -2.28. The average Bonchev–Trinajstić information content (AvgIpc) is 0.823. The summed E-state index contributed by atoms with van der Waals surface area (Å²) < 4.78 is 51.1. The Morgan fingerprint density at radius 2 is 0.483 bits per heavy atom. The van der Waals surface area contributed by atoms with Crippen molar-refractivity contribution in [1.82, 2.24) is 31.9 Å². The Balaban J connectivity index is 0.000000233. The summed E-state index contributed by atoms with van der Waals surface area (Å²) >= 11 is 11.8. The molecule has 0 atom stereocenters. The number of ether oxygens (including phenoxy) is 6. The van der Waals surface area contributed by atoms with Gasteiger partial charge in [-0.15, -0.1) is 0 Å². The Hall–Kier alpha value is -14.3. The first-order valence-corrected chi connectivity index (χ1v) is 48.0. The summed E-state index contributed by atoms with van der Waals surface area (Å²) in [6.07, 6.45) is 0. The molecule has 12 rings (SSSR count). The molecule has 0 heterocycles. The van der Waals surface area contributed by atoms with Gasteiger partial charge in [0, 0.05) is 122 Å². The number of likely N-dealkylation sites (N-methyl/N-ethyl adjacent to an activating group) is 6. The first kappa shape index (κ1) is 116. The fourth-order valence-electron chi connectivity index (χ4n) is 14.5. The second-order valence-corrected chi connectivity index (χ2v) is 36.6. The van der Waals surface area contributed by atoms with Crippen LogP contribution in [0.3, 0.4) is 0 Å². The van der Waals surface area contributed by atoms with E-state index in [2.05, 4.69) is 122 Å². The summed E-state index contributed by atoms with van der Waals surface area (Å²) in [5, 5.41) is 14.5. The standard InChI is InChI=1S/C20H23NO3.C19H20BrNO3.C19H20ClNO3.C19H20FNO3.C19H20INO3.C19H21NO3/c1-12-7-6-8-16(19(22)20(23)21-5)17(12)11-24-18-10-14(3)13(2)9-15(18)4;4*1-11-8-13(3)17(9-12(11)2)24-10-15-14(6-5-7-16(15)20)18(22)19(23)21-4;1-12-9-14(3)17(10-13(12)2)23-11-15-7-5-6-8-16(15)18(21)19(22)20-4/h6-10H,11H2,1-5H3,(H,21,23);4*5-9H,10H2,1-4H3,(H,21,23);5-10H,11H2,1-4H3,(H,20,22). The predicted molar refractivity (Wildman–Crippen MR) is 569 cm³/mol. The van der Waals surface area contributed by atoms with Crippen LogP contribution in [0.15, 0.2) is 193 Å². The van der Waals surface area contributed by atoms with Crippen molar-refractivity contribution in [2.45, 2.75) is 171 Å². The van der Waals surface area contributed by atoms with Crippen molar-refractivity contribution in [3.8, 4) is 34.5 Å². The van der Waals surface area contributed by atoms with E-state index >= 15 is 0 Å². The van der Waals surface area contributed by atoms with Crippen LogP contribution in [0.5, 0.6) is 34.5 Å². The maximum Gasteiger partial charge on any atom is 0.292 e. The number of hydrogen-bond donors (Lipinski definition) is 6. The van der Waals surface area contributed by atoms with Crippen LogP contribution in [0.25, 0.3) is 0 Å². The molecule has 0 saturated carbocycles. The number of aryl methyl sites for hydroxylation is 19. The molecule has 0 aliphatic carbocycles. The monoisotopic (exact) mass is 2140 g/mol. The van der Waals surface area contributed by atoms with E-state index in [9.17, 15) is 61.9 Å². The van der Waals surface area contributed by atoms with Gasteiger partial charge in [-0.05, 0) is 321 Å². The predicted octanol–water partition coefficient (Wildman–Crippen LogP) is 21.2. The second-order valence-electron chi connectivity index (χ2n) is 34.2. The summed E-state index contributed by atoms with van der Waals surface area (Å²) in [6, 6.07) is 56.0. The smallest absolute Gasteiger partial charge is 0.292 e. The van der Waals surface area contributed by atoms with E-state index in [4.69, 9.17) is 40.0 Å². The lowest BCUT2D eigenvalue weighted by atomic mass is 9.99. The number of carbonyl (C=O) groups is 12. The van der Waals surface area contributed by atoms with Crippen LogP contribution in [-0.4, -0.2) is 112 Å². The molecule has 0 aliphatic rings. The molecule has 0 aromatic heterocycles. The zero-order valence-electron chi connectivity index (χ0n) is 85.5. The SMILES string of the molecule is CNC(=O)C(=O)c1cccc(Br)c1COc1cc(C)c(C)cc1C.CNC(=O)C(=O)c1cccc(C)c1COc1cc(C)c(C)cc1C.CNC(=O)C(=O)c1cccc(Cl)c1COc1cc(C)c(C)cc1C.CNC(=O)C(=O)c1cccc(F)c1COc1cc(C)c(C)cc1C.CNC(=O)C(=O)c1cccc(I)c1COc1cc(C)c(C)cc1C.CNC(=O)C(=O)c1ccccc1COc1cc(C)c(C)cc1C. The van der Waals surface area contributed by atoms with Crippen LogP contribution in [0.1, 0.15) is 201 Å². The summed E-state index contributed by atoms with van der Waals surface area (Å²) in [6.45, 7) is 39.0. The summed E-state index contributed by atoms with van der Waals surface area (Å²) in [4.78, 5) is 143. The minimum absolute atomic E-state index is 0.0100. The largest absolute Gasteiger partial charge is 0.489 e. The molecule has 12 aromatic rings. The van der Waals surface area contributed by atoms with Gasteiger partial charge in [-0.3, -0.25) is 57.5 Å². The second kappa shape index (κ2) is 54.6. The Morgan fingerprint density at radius 1 is 0.252 bits per heavy atom. The molecule has 0 fully saturated rings. The summed E-state index contributed by atoms with van der Waals surface area (Å²) in [7, 11) is 8.55. The molecular formula is C115H124BrClFIN6O18. The number of carbonyl (C=O) groups excluding carboxylic acids is 12. The minimum Gasteiger partial charge on any atom is -0.489 e. The normalized spacial score (nSPS) is 10.4. The van der Waals surface area contributed by atoms with Crippen LogP contribution in [-0.2, 0) is 68.4 Å². The van der Waals surface area contributed by atoms with Gasteiger partial charge in [0.1, 0.15) is 80.0 Å². The maximum absolute atomic E-state index is 14.2. The van der Waals surface area contributed by atoms with Crippen molar-refractivity contribution >= 4 is 120 Å². The number of rotatable bonds is 30. The van der Waals surface area contributed by atoms with Gasteiger partial charge < -0.3 is 60.3 Å². The highest BCUT2D eigenvalue weighted by atomic mass is 127. The Kier molecular flexibility index (Phi) is 44.2. The number of Topliss-reactive ketones (excluding diaryl/α,β-unsaturated/α-hetero) is 6. The molecule has 750 valence electrons. The maximum atomic E-state index is 14.2. The van der Waals surface area contributed by atoms with E-state index < -0.39 is 76.0 Å². The summed E-state index contributed by atoms with van der Waals surface area (Å²) in [5.41, 5.74) is 26.1. The van der Waals surface area contributed by atoms with Crippen molar-refractivity contribution in [1.29, 1.82) is 0 Å². The lowest BCUT2D eigenvalue weighted by molar-refractivity contribution is -0.117.